The van der Waals surface area contributed by atoms with Gasteiger partial charge in [-0.25, -0.2) is 0 Å². The Kier molecular flexibility index (Phi) is 3.37. The van der Waals surface area contributed by atoms with Crippen molar-refractivity contribution in [1.82, 2.24) is 0 Å². The molecule has 0 aromatic heterocycles. The highest BCUT2D eigenvalue weighted by atomic mass is 79.9. The number of ether oxygens (including phenoxy) is 2. The van der Waals surface area contributed by atoms with E-state index in [1.165, 1.54) is 0 Å². The molecule has 1 aromatic rings. The Morgan fingerprint density at radius 2 is 2.00 bits per heavy atom. The molecule has 0 spiro atoms. The number of hydrogen-bond donors (Lipinski definition) is 0. The van der Waals surface area contributed by atoms with Gasteiger partial charge in [0.15, 0.2) is 0 Å². The Morgan fingerprint density at radius 1 is 1.31 bits per heavy atom. The average Bonchev–Trinajstić information content (AvgIpc) is 2.18. The summed E-state index contributed by atoms with van der Waals surface area (Å²) in [6, 6.07) is 3.71. The second-order valence-electron chi connectivity index (χ2n) is 2.44. The SMILES string of the molecule is C=Cc1cc(OC)cc(OC)c1Br. The lowest BCUT2D eigenvalue weighted by Crippen LogP contribution is -1.90. The molecule has 13 heavy (non-hydrogen) atoms. The molecular formula is C10H11BrO2. The summed E-state index contributed by atoms with van der Waals surface area (Å²) in [6.45, 7) is 3.70. The van der Waals surface area contributed by atoms with E-state index in [0.29, 0.717) is 0 Å². The maximum atomic E-state index is 5.16. The van der Waals surface area contributed by atoms with Crippen molar-refractivity contribution in [3.63, 3.8) is 0 Å². The molecule has 70 valence electrons. The van der Waals surface area contributed by atoms with Crippen LogP contribution in [-0.2, 0) is 0 Å². The van der Waals surface area contributed by atoms with Crippen molar-refractivity contribution in [3.8, 4) is 11.5 Å². The van der Waals surface area contributed by atoms with E-state index in [0.717, 1.165) is 21.5 Å². The maximum Gasteiger partial charge on any atom is 0.137 e. The summed E-state index contributed by atoms with van der Waals surface area (Å²) in [7, 11) is 3.24. The highest BCUT2D eigenvalue weighted by molar-refractivity contribution is 9.10. The van der Waals surface area contributed by atoms with Crippen molar-refractivity contribution < 1.29 is 9.47 Å². The van der Waals surface area contributed by atoms with Gasteiger partial charge in [0.2, 0.25) is 0 Å². The van der Waals surface area contributed by atoms with Crippen molar-refractivity contribution >= 4 is 22.0 Å². The second kappa shape index (κ2) is 4.33. The predicted octanol–water partition coefficient (Wildman–Crippen LogP) is 3.11. The van der Waals surface area contributed by atoms with Crippen molar-refractivity contribution in [2.24, 2.45) is 0 Å². The topological polar surface area (TPSA) is 18.5 Å². The zero-order chi connectivity index (χ0) is 9.84. The summed E-state index contributed by atoms with van der Waals surface area (Å²) in [5.41, 5.74) is 0.955. The second-order valence-corrected chi connectivity index (χ2v) is 3.23. The fourth-order valence-corrected chi connectivity index (χ4v) is 1.56. The molecule has 0 N–H and O–H groups in total. The van der Waals surface area contributed by atoms with Crippen LogP contribution >= 0.6 is 15.9 Å². The van der Waals surface area contributed by atoms with E-state index in [4.69, 9.17) is 9.47 Å². The smallest absolute Gasteiger partial charge is 0.137 e. The Bertz CT molecular complexity index is 321. The molecule has 0 aliphatic heterocycles. The minimum Gasteiger partial charge on any atom is -0.497 e. The van der Waals surface area contributed by atoms with Crippen LogP contribution in [0.25, 0.3) is 6.08 Å². The minimum absolute atomic E-state index is 0.745. The van der Waals surface area contributed by atoms with Crippen LogP contribution < -0.4 is 9.47 Å². The first-order valence-corrected chi connectivity index (χ1v) is 4.56. The molecule has 2 nitrogen and oxygen atoms in total. The van der Waals surface area contributed by atoms with Crippen LogP contribution in [0.15, 0.2) is 23.2 Å². The lowest BCUT2D eigenvalue weighted by molar-refractivity contribution is 0.392. The van der Waals surface area contributed by atoms with Gasteiger partial charge < -0.3 is 9.47 Å². The van der Waals surface area contributed by atoms with Gasteiger partial charge in [-0.05, 0) is 27.6 Å². The van der Waals surface area contributed by atoms with Crippen LogP contribution in [0.4, 0.5) is 0 Å². The fraction of sp³-hybridized carbons (Fsp3) is 0.200. The van der Waals surface area contributed by atoms with Crippen molar-refractivity contribution in [1.29, 1.82) is 0 Å². The molecule has 0 unspecified atom stereocenters. The van der Waals surface area contributed by atoms with E-state index in [1.54, 1.807) is 20.3 Å². The average molecular weight is 243 g/mol. The van der Waals surface area contributed by atoms with E-state index in [9.17, 15) is 0 Å². The minimum atomic E-state index is 0.745. The van der Waals surface area contributed by atoms with Gasteiger partial charge in [0.1, 0.15) is 11.5 Å². The first-order valence-electron chi connectivity index (χ1n) is 3.77. The number of rotatable bonds is 3. The first kappa shape index (κ1) is 10.1. The molecule has 0 amide bonds. The van der Waals surface area contributed by atoms with Crippen LogP contribution in [0, 0.1) is 0 Å². The van der Waals surface area contributed by atoms with Crippen LogP contribution in [0.5, 0.6) is 11.5 Å². The van der Waals surface area contributed by atoms with Gasteiger partial charge in [-0.15, -0.1) is 0 Å². The van der Waals surface area contributed by atoms with Crippen LogP contribution in [-0.4, -0.2) is 14.2 Å². The lowest BCUT2D eigenvalue weighted by atomic mass is 10.2. The highest BCUT2D eigenvalue weighted by Gasteiger charge is 2.06. The molecule has 0 bridgehead atoms. The summed E-state index contributed by atoms with van der Waals surface area (Å²) in [4.78, 5) is 0. The first-order chi connectivity index (χ1) is 6.22. The zero-order valence-corrected chi connectivity index (χ0v) is 9.22. The molecule has 0 radical (unpaired) electrons. The molecule has 0 saturated heterocycles. The third kappa shape index (κ3) is 2.04. The maximum absolute atomic E-state index is 5.16. The Morgan fingerprint density at radius 3 is 2.46 bits per heavy atom. The van der Waals surface area contributed by atoms with E-state index in [2.05, 4.69) is 22.5 Å². The van der Waals surface area contributed by atoms with Gasteiger partial charge in [-0.3, -0.25) is 0 Å². The molecule has 1 rings (SSSR count). The Labute approximate surface area is 86.3 Å². The quantitative estimate of drug-likeness (QED) is 0.812. The summed E-state index contributed by atoms with van der Waals surface area (Å²) in [5, 5.41) is 0. The molecule has 3 heteroatoms. The van der Waals surface area contributed by atoms with Gasteiger partial charge in [-0.2, -0.15) is 0 Å². The fourth-order valence-electron chi connectivity index (χ4n) is 1.01. The van der Waals surface area contributed by atoms with Gasteiger partial charge in [0.25, 0.3) is 0 Å². The summed E-state index contributed by atoms with van der Waals surface area (Å²) in [6.07, 6.45) is 1.75. The highest BCUT2D eigenvalue weighted by Crippen LogP contribution is 2.33. The van der Waals surface area contributed by atoms with E-state index in [-0.39, 0.29) is 0 Å². The monoisotopic (exact) mass is 242 g/mol. The number of methoxy groups -OCH3 is 2. The lowest BCUT2D eigenvalue weighted by Gasteiger charge is -2.08. The molecular weight excluding hydrogens is 232 g/mol. The standard InChI is InChI=1S/C10H11BrO2/c1-4-7-5-8(12-2)6-9(13-3)10(7)11/h4-6H,1H2,2-3H3. The molecule has 0 aliphatic carbocycles. The van der Waals surface area contributed by atoms with Crippen LogP contribution in [0.2, 0.25) is 0 Å². The van der Waals surface area contributed by atoms with Crippen LogP contribution in [0.3, 0.4) is 0 Å². The number of benzene rings is 1. The molecule has 0 fully saturated rings. The number of halogens is 1. The van der Waals surface area contributed by atoms with E-state index in [1.807, 2.05) is 12.1 Å². The molecule has 0 saturated carbocycles. The summed E-state index contributed by atoms with van der Waals surface area (Å²) >= 11 is 3.41. The Balaban J connectivity index is 3.28. The molecule has 0 atom stereocenters. The summed E-state index contributed by atoms with van der Waals surface area (Å²) in [5.74, 6) is 1.50. The van der Waals surface area contributed by atoms with Crippen molar-refractivity contribution in [2.45, 2.75) is 0 Å². The van der Waals surface area contributed by atoms with Gasteiger partial charge in [0.05, 0.1) is 18.7 Å². The Hall–Kier alpha value is -0.960. The molecule has 0 heterocycles. The van der Waals surface area contributed by atoms with Crippen LogP contribution in [0.1, 0.15) is 5.56 Å². The van der Waals surface area contributed by atoms with Crippen molar-refractivity contribution in [3.05, 3.63) is 28.7 Å². The molecule has 1 aromatic carbocycles. The van der Waals surface area contributed by atoms with Gasteiger partial charge in [0, 0.05) is 6.07 Å². The van der Waals surface area contributed by atoms with Gasteiger partial charge in [-0.1, -0.05) is 12.7 Å². The molecule has 0 aliphatic rings. The van der Waals surface area contributed by atoms with E-state index >= 15 is 0 Å². The number of hydrogen-bond acceptors (Lipinski definition) is 2. The normalized spacial score (nSPS) is 9.46. The summed E-state index contributed by atoms with van der Waals surface area (Å²) < 4.78 is 11.2. The zero-order valence-electron chi connectivity index (χ0n) is 7.63. The third-order valence-corrected chi connectivity index (χ3v) is 2.57. The largest absolute Gasteiger partial charge is 0.497 e. The third-order valence-electron chi connectivity index (χ3n) is 1.72. The van der Waals surface area contributed by atoms with Crippen molar-refractivity contribution in [2.75, 3.05) is 14.2 Å². The predicted molar refractivity (Wildman–Crippen MR) is 57.3 cm³/mol. The van der Waals surface area contributed by atoms with E-state index < -0.39 is 0 Å². The van der Waals surface area contributed by atoms with Gasteiger partial charge >= 0.3 is 0 Å².